The number of nitrogens with one attached hydrogen (secondary N) is 1. The van der Waals surface area contributed by atoms with Gasteiger partial charge in [0, 0.05) is 17.3 Å². The van der Waals surface area contributed by atoms with E-state index in [1.54, 1.807) is 0 Å². The summed E-state index contributed by atoms with van der Waals surface area (Å²) in [6.45, 7) is 6.22. The summed E-state index contributed by atoms with van der Waals surface area (Å²) >= 11 is 1.52. The second-order valence-electron chi connectivity index (χ2n) is 5.25. The van der Waals surface area contributed by atoms with Crippen LogP contribution in [0.2, 0.25) is 0 Å². The number of thioether (sulfide) groups is 1. The van der Waals surface area contributed by atoms with Crippen LogP contribution in [0.5, 0.6) is 0 Å². The van der Waals surface area contributed by atoms with E-state index in [4.69, 9.17) is 4.42 Å². The summed E-state index contributed by atoms with van der Waals surface area (Å²) in [5.41, 5.74) is 1.33. The van der Waals surface area contributed by atoms with Gasteiger partial charge in [-0.3, -0.25) is 0 Å². The molecule has 0 amide bonds. The average Bonchev–Trinajstić information content (AvgIpc) is 2.78. The van der Waals surface area contributed by atoms with E-state index in [1.165, 1.54) is 11.8 Å². The molecule has 1 unspecified atom stereocenters. The number of hydrogen-bond donors (Lipinski definition) is 2. The zero-order valence-electron chi connectivity index (χ0n) is 11.5. The Morgan fingerprint density at radius 1 is 1.42 bits per heavy atom. The fourth-order valence-electron chi connectivity index (χ4n) is 1.96. The molecule has 0 bridgehead atoms. The molecule has 1 aromatic carbocycles. The number of hydrogen-bond acceptors (Lipinski definition) is 5. The van der Waals surface area contributed by atoms with Gasteiger partial charge in [-0.1, -0.05) is 37.7 Å². The number of aliphatic hydroxyl groups is 1. The van der Waals surface area contributed by atoms with Gasteiger partial charge in [-0.25, -0.2) is 4.98 Å². The second kappa shape index (κ2) is 5.94. The van der Waals surface area contributed by atoms with Gasteiger partial charge in [0.1, 0.15) is 5.52 Å². The highest BCUT2D eigenvalue weighted by Crippen LogP contribution is 2.26. The van der Waals surface area contributed by atoms with Crippen molar-refractivity contribution in [2.75, 3.05) is 12.4 Å². The van der Waals surface area contributed by atoms with Crippen LogP contribution in [-0.2, 0) is 0 Å². The molecule has 0 spiro atoms. The molecule has 2 rings (SSSR count). The third kappa shape index (κ3) is 3.72. The molecule has 0 radical (unpaired) electrons. The maximum absolute atomic E-state index is 9.53. The smallest absolute Gasteiger partial charge is 0.256 e. The van der Waals surface area contributed by atoms with E-state index in [1.807, 2.05) is 31.2 Å². The predicted octanol–water partition coefficient (Wildman–Crippen LogP) is 2.67. The summed E-state index contributed by atoms with van der Waals surface area (Å²) < 4.78 is 5.66. The van der Waals surface area contributed by atoms with E-state index in [9.17, 15) is 5.11 Å². The molecule has 2 N–H and O–H groups in total. The summed E-state index contributed by atoms with van der Waals surface area (Å²) in [4.78, 5) is 4.42. The summed E-state index contributed by atoms with van der Waals surface area (Å²) in [5.74, 6) is 0.703. The van der Waals surface area contributed by atoms with Crippen LogP contribution in [0, 0.1) is 0 Å². The molecule has 104 valence electrons. The minimum atomic E-state index is -0.334. The van der Waals surface area contributed by atoms with E-state index in [0.29, 0.717) is 17.0 Å². The number of benzene rings is 1. The van der Waals surface area contributed by atoms with E-state index in [2.05, 4.69) is 24.1 Å². The molecule has 0 saturated heterocycles. The molecule has 2 aromatic rings. The lowest BCUT2D eigenvalue weighted by molar-refractivity contribution is 0.183. The molecule has 0 fully saturated rings. The molecule has 5 heteroatoms. The van der Waals surface area contributed by atoms with Crippen molar-refractivity contribution in [3.05, 3.63) is 24.3 Å². The van der Waals surface area contributed by atoms with Crippen LogP contribution in [0.3, 0.4) is 0 Å². The second-order valence-corrected chi connectivity index (χ2v) is 6.18. The van der Waals surface area contributed by atoms with Crippen LogP contribution in [0.25, 0.3) is 11.1 Å². The van der Waals surface area contributed by atoms with Crippen LogP contribution < -0.4 is 5.32 Å². The van der Waals surface area contributed by atoms with Gasteiger partial charge in [0.15, 0.2) is 5.58 Å². The van der Waals surface area contributed by atoms with Crippen molar-refractivity contribution in [2.24, 2.45) is 0 Å². The number of nitrogens with zero attached hydrogens (tertiary/aromatic N) is 1. The third-order valence-electron chi connectivity index (χ3n) is 2.77. The monoisotopic (exact) mass is 280 g/mol. The van der Waals surface area contributed by atoms with Gasteiger partial charge < -0.3 is 14.8 Å². The molecule has 1 atom stereocenters. The highest BCUT2D eigenvalue weighted by molar-refractivity contribution is 7.99. The summed E-state index contributed by atoms with van der Waals surface area (Å²) in [7, 11) is 0. The third-order valence-corrected chi connectivity index (χ3v) is 3.98. The van der Waals surface area contributed by atoms with Crippen LogP contribution in [0.1, 0.15) is 20.8 Å². The Balaban J connectivity index is 2.04. The summed E-state index contributed by atoms with van der Waals surface area (Å²) in [5, 5.41) is 13.5. The molecule has 0 aliphatic rings. The van der Waals surface area contributed by atoms with Crippen molar-refractivity contribution >= 4 is 22.9 Å². The number of fused-ring (bicyclic) bond motifs is 1. The minimum Gasteiger partial charge on any atom is -0.431 e. The Kier molecular flexibility index (Phi) is 4.50. The molecule has 1 heterocycles. The van der Waals surface area contributed by atoms with Gasteiger partial charge in [0.05, 0.1) is 6.61 Å². The minimum absolute atomic E-state index is 0.0818. The van der Waals surface area contributed by atoms with E-state index in [-0.39, 0.29) is 12.1 Å². The van der Waals surface area contributed by atoms with Gasteiger partial charge >= 0.3 is 0 Å². The standard InChI is InChI=1S/C14H20N2O2S/c1-10(2)16-14(3,8-17)9-19-13-15-11-6-4-5-7-12(11)18-13/h4-7,10,16-17H,8-9H2,1-3H3. The molecular weight excluding hydrogens is 260 g/mol. The van der Waals surface area contributed by atoms with Crippen molar-refractivity contribution in [3.8, 4) is 0 Å². The quantitative estimate of drug-likeness (QED) is 0.797. The molecule has 0 aliphatic carbocycles. The lowest BCUT2D eigenvalue weighted by atomic mass is 10.1. The van der Waals surface area contributed by atoms with Crippen molar-refractivity contribution in [3.63, 3.8) is 0 Å². The zero-order valence-corrected chi connectivity index (χ0v) is 12.3. The highest BCUT2D eigenvalue weighted by Gasteiger charge is 2.25. The number of aromatic nitrogens is 1. The first kappa shape index (κ1) is 14.4. The Labute approximate surface area is 117 Å². The Morgan fingerprint density at radius 2 is 2.16 bits per heavy atom. The summed E-state index contributed by atoms with van der Waals surface area (Å²) in [6, 6.07) is 8.03. The van der Waals surface area contributed by atoms with Crippen LogP contribution in [0.4, 0.5) is 0 Å². The molecule has 4 nitrogen and oxygen atoms in total. The molecule has 19 heavy (non-hydrogen) atoms. The van der Waals surface area contributed by atoms with E-state index in [0.717, 1.165) is 11.1 Å². The first-order chi connectivity index (χ1) is 9.02. The lowest BCUT2D eigenvalue weighted by Gasteiger charge is -2.30. The predicted molar refractivity (Wildman–Crippen MR) is 78.5 cm³/mol. The maximum atomic E-state index is 9.53. The van der Waals surface area contributed by atoms with Crippen LogP contribution in [-0.4, -0.2) is 34.0 Å². The molecule has 0 aliphatic heterocycles. The largest absolute Gasteiger partial charge is 0.431 e. The van der Waals surface area contributed by atoms with Crippen molar-refractivity contribution in [1.82, 2.24) is 10.3 Å². The first-order valence-electron chi connectivity index (χ1n) is 6.39. The number of oxazole rings is 1. The van der Waals surface area contributed by atoms with E-state index < -0.39 is 0 Å². The number of aliphatic hydroxyl groups excluding tert-OH is 1. The Bertz CT molecular complexity index is 508. The van der Waals surface area contributed by atoms with Crippen LogP contribution >= 0.6 is 11.8 Å². The molecule has 0 saturated carbocycles. The van der Waals surface area contributed by atoms with Gasteiger partial charge in [-0.15, -0.1) is 0 Å². The van der Waals surface area contributed by atoms with Crippen molar-refractivity contribution in [1.29, 1.82) is 0 Å². The Hall–Kier alpha value is -1.04. The SMILES string of the molecule is CC(C)NC(C)(CO)CSc1nc2ccccc2o1. The fraction of sp³-hybridized carbons (Fsp3) is 0.500. The first-order valence-corrected chi connectivity index (χ1v) is 7.38. The topological polar surface area (TPSA) is 58.3 Å². The summed E-state index contributed by atoms with van der Waals surface area (Å²) in [6.07, 6.45) is 0. The maximum Gasteiger partial charge on any atom is 0.256 e. The van der Waals surface area contributed by atoms with Crippen molar-refractivity contribution in [2.45, 2.75) is 37.6 Å². The van der Waals surface area contributed by atoms with Crippen LogP contribution in [0.15, 0.2) is 33.9 Å². The average molecular weight is 280 g/mol. The normalized spacial score (nSPS) is 15.0. The van der Waals surface area contributed by atoms with Gasteiger partial charge in [-0.05, 0) is 19.1 Å². The lowest BCUT2D eigenvalue weighted by Crippen LogP contribution is -2.51. The number of rotatable bonds is 6. The Morgan fingerprint density at radius 3 is 2.79 bits per heavy atom. The van der Waals surface area contributed by atoms with E-state index >= 15 is 0 Å². The van der Waals surface area contributed by atoms with Crippen molar-refractivity contribution < 1.29 is 9.52 Å². The highest BCUT2D eigenvalue weighted by atomic mass is 32.2. The molecule has 1 aromatic heterocycles. The van der Waals surface area contributed by atoms with Gasteiger partial charge in [0.25, 0.3) is 5.22 Å². The van der Waals surface area contributed by atoms with Gasteiger partial charge in [-0.2, -0.15) is 0 Å². The fourth-order valence-corrected chi connectivity index (χ4v) is 2.89. The zero-order chi connectivity index (χ0) is 13.9. The molecular formula is C14H20N2O2S. The van der Waals surface area contributed by atoms with Gasteiger partial charge in [0.2, 0.25) is 0 Å². The number of para-hydroxylation sites is 2.